The fourth-order valence-electron chi connectivity index (χ4n) is 4.72. The first-order valence-corrected chi connectivity index (χ1v) is 10.0. The highest BCUT2D eigenvalue weighted by molar-refractivity contribution is 6.08. The van der Waals surface area contributed by atoms with Crippen LogP contribution in [0, 0.1) is 0 Å². The van der Waals surface area contributed by atoms with Gasteiger partial charge < -0.3 is 9.55 Å². The molecule has 4 heteroatoms. The highest BCUT2D eigenvalue weighted by Gasteiger charge is 2.23. The topological polar surface area (TPSA) is 36.9 Å². The number of hydrogen-bond donors (Lipinski definition) is 1. The monoisotopic (exact) mass is 358 g/mol. The van der Waals surface area contributed by atoms with Crippen LogP contribution in [0.15, 0.2) is 54.9 Å². The quantitative estimate of drug-likeness (QED) is 0.562. The van der Waals surface area contributed by atoms with Gasteiger partial charge in [-0.1, -0.05) is 24.3 Å². The molecule has 27 heavy (non-hydrogen) atoms. The average Bonchev–Trinajstić information content (AvgIpc) is 3.34. The van der Waals surface area contributed by atoms with Gasteiger partial charge in [0.05, 0.1) is 0 Å². The van der Waals surface area contributed by atoms with E-state index in [1.54, 1.807) is 0 Å². The predicted octanol–water partition coefficient (Wildman–Crippen LogP) is 4.92. The van der Waals surface area contributed by atoms with Crippen molar-refractivity contribution in [1.82, 2.24) is 19.4 Å². The van der Waals surface area contributed by atoms with Crippen LogP contribution in [-0.2, 0) is 13.1 Å². The van der Waals surface area contributed by atoms with Gasteiger partial charge in [0.1, 0.15) is 5.82 Å². The van der Waals surface area contributed by atoms with E-state index in [0.717, 1.165) is 25.5 Å². The van der Waals surface area contributed by atoms with E-state index < -0.39 is 0 Å². The summed E-state index contributed by atoms with van der Waals surface area (Å²) in [7, 11) is 0. The number of fused-ring (bicyclic) bond motifs is 3. The molecule has 4 nitrogen and oxygen atoms in total. The Bertz CT molecular complexity index is 1060. The molecular formula is C23H26N4. The largest absolute Gasteiger partial charge is 0.348 e. The maximum atomic E-state index is 4.48. The number of aryl methyl sites for hydroxylation is 1. The predicted molar refractivity (Wildman–Crippen MR) is 111 cm³/mol. The standard InChI is InChI=1S/C23H26N4/c1-2-27-21-8-4-3-7-19(21)20-14-17(9-10-22(20)27)15-26-13-5-6-18(16-26)23-24-11-12-25-23/h3-4,7-12,14,18H,2,5-6,13,15-16H2,1H3,(H,24,25). The summed E-state index contributed by atoms with van der Waals surface area (Å²) in [5.41, 5.74) is 4.08. The number of hydrogen-bond acceptors (Lipinski definition) is 2. The number of imidazole rings is 1. The zero-order valence-electron chi connectivity index (χ0n) is 15.9. The van der Waals surface area contributed by atoms with Crippen molar-refractivity contribution in [2.45, 2.75) is 38.8 Å². The molecule has 2 aromatic heterocycles. The molecule has 4 aromatic rings. The smallest absolute Gasteiger partial charge is 0.110 e. The number of aromatic nitrogens is 3. The first kappa shape index (κ1) is 16.6. The first-order chi connectivity index (χ1) is 13.3. The van der Waals surface area contributed by atoms with Gasteiger partial charge in [0.2, 0.25) is 0 Å². The molecule has 1 atom stereocenters. The molecule has 0 spiro atoms. The maximum absolute atomic E-state index is 4.48. The second-order valence-corrected chi connectivity index (χ2v) is 7.66. The Morgan fingerprint density at radius 1 is 1.11 bits per heavy atom. The van der Waals surface area contributed by atoms with Gasteiger partial charge in [0.15, 0.2) is 0 Å². The van der Waals surface area contributed by atoms with Crippen LogP contribution < -0.4 is 0 Å². The van der Waals surface area contributed by atoms with Crippen LogP contribution in [0.1, 0.15) is 37.1 Å². The Balaban J connectivity index is 1.44. The van der Waals surface area contributed by atoms with Gasteiger partial charge >= 0.3 is 0 Å². The summed E-state index contributed by atoms with van der Waals surface area (Å²) in [6.45, 7) is 6.50. The van der Waals surface area contributed by atoms with E-state index in [1.165, 1.54) is 46.8 Å². The second kappa shape index (κ2) is 6.86. The van der Waals surface area contributed by atoms with Crippen LogP contribution in [0.3, 0.4) is 0 Å². The summed E-state index contributed by atoms with van der Waals surface area (Å²) in [5, 5.41) is 2.74. The zero-order chi connectivity index (χ0) is 18.2. The van der Waals surface area contributed by atoms with E-state index in [2.05, 4.69) is 68.8 Å². The van der Waals surface area contributed by atoms with Crippen LogP contribution in [0.25, 0.3) is 21.8 Å². The molecule has 2 aromatic carbocycles. The molecule has 1 aliphatic heterocycles. The highest BCUT2D eigenvalue weighted by atomic mass is 15.1. The summed E-state index contributed by atoms with van der Waals surface area (Å²) in [6.07, 6.45) is 6.27. The Kier molecular flexibility index (Phi) is 4.21. The van der Waals surface area contributed by atoms with E-state index in [0.29, 0.717) is 5.92 Å². The van der Waals surface area contributed by atoms with Crippen LogP contribution in [0.5, 0.6) is 0 Å². The van der Waals surface area contributed by atoms with Gasteiger partial charge in [0, 0.05) is 59.8 Å². The summed E-state index contributed by atoms with van der Waals surface area (Å²) in [6, 6.07) is 15.8. The SMILES string of the molecule is CCn1c2ccccc2c2cc(CN3CCCC(c4ncc[nH]4)C3)ccc21. The van der Waals surface area contributed by atoms with Crippen molar-refractivity contribution in [2.24, 2.45) is 0 Å². The highest BCUT2D eigenvalue weighted by Crippen LogP contribution is 2.31. The summed E-state index contributed by atoms with van der Waals surface area (Å²) < 4.78 is 2.42. The van der Waals surface area contributed by atoms with E-state index in [1.807, 2.05) is 12.4 Å². The van der Waals surface area contributed by atoms with Crippen LogP contribution in [-0.4, -0.2) is 32.5 Å². The molecular weight excluding hydrogens is 332 g/mol. The number of rotatable bonds is 4. The van der Waals surface area contributed by atoms with Gasteiger partial charge in [-0.2, -0.15) is 0 Å². The molecule has 1 unspecified atom stereocenters. The molecule has 0 amide bonds. The third-order valence-corrected chi connectivity index (χ3v) is 5.97. The van der Waals surface area contributed by atoms with Gasteiger partial charge in [-0.15, -0.1) is 0 Å². The van der Waals surface area contributed by atoms with Crippen molar-refractivity contribution in [3.63, 3.8) is 0 Å². The molecule has 1 saturated heterocycles. The van der Waals surface area contributed by atoms with E-state index in [4.69, 9.17) is 0 Å². The van der Waals surface area contributed by atoms with Crippen LogP contribution in [0.2, 0.25) is 0 Å². The Morgan fingerprint density at radius 2 is 2.00 bits per heavy atom. The van der Waals surface area contributed by atoms with Gasteiger partial charge in [-0.05, 0) is 50.1 Å². The lowest BCUT2D eigenvalue weighted by Crippen LogP contribution is -2.34. The molecule has 3 heterocycles. The van der Waals surface area contributed by atoms with Crippen molar-refractivity contribution >= 4 is 21.8 Å². The molecule has 0 radical (unpaired) electrons. The minimum Gasteiger partial charge on any atom is -0.348 e. The lowest BCUT2D eigenvalue weighted by atomic mass is 9.97. The number of aromatic amines is 1. The molecule has 5 rings (SSSR count). The van der Waals surface area contributed by atoms with Crippen LogP contribution >= 0.6 is 0 Å². The maximum Gasteiger partial charge on any atom is 0.110 e. The minimum atomic E-state index is 0.527. The number of nitrogens with zero attached hydrogens (tertiary/aromatic N) is 3. The number of piperidine rings is 1. The van der Waals surface area contributed by atoms with Gasteiger partial charge in [-0.25, -0.2) is 4.98 Å². The van der Waals surface area contributed by atoms with Crippen molar-refractivity contribution < 1.29 is 0 Å². The van der Waals surface area contributed by atoms with Gasteiger partial charge in [0.25, 0.3) is 0 Å². The lowest BCUT2D eigenvalue weighted by molar-refractivity contribution is 0.197. The van der Waals surface area contributed by atoms with Crippen molar-refractivity contribution in [1.29, 1.82) is 0 Å². The average molecular weight is 358 g/mol. The fourth-order valence-corrected chi connectivity index (χ4v) is 4.72. The first-order valence-electron chi connectivity index (χ1n) is 10.0. The molecule has 0 aliphatic carbocycles. The Hall–Kier alpha value is -2.59. The van der Waals surface area contributed by atoms with Crippen molar-refractivity contribution in [3.8, 4) is 0 Å². The molecule has 1 aliphatic rings. The number of para-hydroxylation sites is 1. The summed E-state index contributed by atoms with van der Waals surface area (Å²) in [4.78, 5) is 10.4. The molecule has 0 saturated carbocycles. The number of H-pyrrole nitrogens is 1. The third-order valence-electron chi connectivity index (χ3n) is 5.97. The Morgan fingerprint density at radius 3 is 2.85 bits per heavy atom. The van der Waals surface area contributed by atoms with Gasteiger partial charge in [-0.3, -0.25) is 4.90 Å². The number of benzene rings is 2. The normalized spacial score (nSPS) is 18.5. The second-order valence-electron chi connectivity index (χ2n) is 7.66. The third kappa shape index (κ3) is 2.94. The van der Waals surface area contributed by atoms with E-state index in [-0.39, 0.29) is 0 Å². The fraction of sp³-hybridized carbons (Fsp3) is 0.348. The van der Waals surface area contributed by atoms with E-state index >= 15 is 0 Å². The Labute approximate surface area is 159 Å². The lowest BCUT2D eigenvalue weighted by Gasteiger charge is -2.31. The van der Waals surface area contributed by atoms with E-state index in [9.17, 15) is 0 Å². The molecule has 138 valence electrons. The molecule has 0 bridgehead atoms. The molecule has 1 N–H and O–H groups in total. The number of nitrogens with one attached hydrogen (secondary N) is 1. The van der Waals surface area contributed by atoms with Crippen molar-refractivity contribution in [2.75, 3.05) is 13.1 Å². The zero-order valence-corrected chi connectivity index (χ0v) is 15.9. The minimum absolute atomic E-state index is 0.527. The summed E-state index contributed by atoms with van der Waals surface area (Å²) >= 11 is 0. The molecule has 1 fully saturated rings. The number of likely N-dealkylation sites (tertiary alicyclic amines) is 1. The van der Waals surface area contributed by atoms with Crippen LogP contribution in [0.4, 0.5) is 0 Å². The van der Waals surface area contributed by atoms with Crippen molar-refractivity contribution in [3.05, 3.63) is 66.2 Å². The summed E-state index contributed by atoms with van der Waals surface area (Å²) in [5.74, 6) is 1.67.